The van der Waals surface area contributed by atoms with Crippen LogP contribution in [0.25, 0.3) is 0 Å². The molecule has 0 radical (unpaired) electrons. The van der Waals surface area contributed by atoms with Crippen molar-refractivity contribution in [3.63, 3.8) is 0 Å². The molecule has 0 amide bonds. The lowest BCUT2D eigenvalue weighted by Gasteiger charge is -2.10. The fourth-order valence-electron chi connectivity index (χ4n) is 1.89. The molecule has 6 heteroatoms. The zero-order chi connectivity index (χ0) is 15.6. The Bertz CT molecular complexity index is 750. The second kappa shape index (κ2) is 5.83. The van der Waals surface area contributed by atoms with Crippen molar-refractivity contribution < 1.29 is 12.8 Å². The van der Waals surface area contributed by atoms with E-state index in [1.165, 1.54) is 13.0 Å². The molecule has 0 spiro atoms. The smallest absolute Gasteiger partial charge is 0.241 e. The molecule has 0 bridgehead atoms. The molecule has 0 atom stereocenters. The summed E-state index contributed by atoms with van der Waals surface area (Å²) in [5.41, 5.74) is 7.82. The maximum atomic E-state index is 13.6. The van der Waals surface area contributed by atoms with E-state index >= 15 is 0 Å². The summed E-state index contributed by atoms with van der Waals surface area (Å²) >= 11 is 0. The summed E-state index contributed by atoms with van der Waals surface area (Å²) in [6.07, 6.45) is 0. The van der Waals surface area contributed by atoms with Gasteiger partial charge in [-0.1, -0.05) is 24.3 Å². The third-order valence-corrected chi connectivity index (χ3v) is 4.76. The largest absolute Gasteiger partial charge is 0.398 e. The second-order valence-corrected chi connectivity index (χ2v) is 6.64. The summed E-state index contributed by atoms with van der Waals surface area (Å²) in [7, 11) is -3.81. The molecule has 0 unspecified atom stereocenters. The summed E-state index contributed by atoms with van der Waals surface area (Å²) in [5, 5.41) is 0. The van der Waals surface area contributed by atoms with Crippen molar-refractivity contribution in [1.82, 2.24) is 4.72 Å². The van der Waals surface area contributed by atoms with Crippen LogP contribution in [0.2, 0.25) is 0 Å². The fourth-order valence-corrected chi connectivity index (χ4v) is 2.95. The molecule has 0 fully saturated rings. The van der Waals surface area contributed by atoms with Crippen LogP contribution in [0.4, 0.5) is 10.1 Å². The Kier molecular flexibility index (Phi) is 4.29. The van der Waals surface area contributed by atoms with Crippen LogP contribution in [0.1, 0.15) is 16.7 Å². The van der Waals surface area contributed by atoms with E-state index in [4.69, 9.17) is 5.73 Å². The topological polar surface area (TPSA) is 72.2 Å². The lowest BCUT2D eigenvalue weighted by atomic mass is 10.1. The van der Waals surface area contributed by atoms with E-state index in [1.54, 1.807) is 0 Å². The Hall–Kier alpha value is -1.92. The van der Waals surface area contributed by atoms with Crippen molar-refractivity contribution in [2.45, 2.75) is 25.3 Å². The zero-order valence-corrected chi connectivity index (χ0v) is 12.7. The molecule has 3 N–H and O–H groups in total. The summed E-state index contributed by atoms with van der Waals surface area (Å²) < 4.78 is 40.5. The van der Waals surface area contributed by atoms with Crippen molar-refractivity contribution in [3.05, 3.63) is 58.9 Å². The first-order valence-electron chi connectivity index (χ1n) is 6.41. The zero-order valence-electron chi connectivity index (χ0n) is 11.9. The van der Waals surface area contributed by atoms with Crippen LogP contribution in [-0.2, 0) is 16.6 Å². The van der Waals surface area contributed by atoms with Crippen molar-refractivity contribution in [2.75, 3.05) is 5.73 Å². The van der Waals surface area contributed by atoms with E-state index in [0.717, 1.165) is 17.2 Å². The predicted octanol–water partition coefficient (Wildman–Crippen LogP) is 2.50. The third-order valence-electron chi connectivity index (χ3n) is 3.38. The molecule has 4 nitrogen and oxygen atoms in total. The summed E-state index contributed by atoms with van der Waals surface area (Å²) in [6.45, 7) is 3.54. The summed E-state index contributed by atoms with van der Waals surface area (Å²) in [5.74, 6) is -0.633. The number of aryl methyl sites for hydroxylation is 1. The van der Waals surface area contributed by atoms with Gasteiger partial charge in [0, 0.05) is 17.8 Å². The average Bonchev–Trinajstić information content (AvgIpc) is 2.43. The van der Waals surface area contributed by atoms with Gasteiger partial charge in [-0.2, -0.15) is 0 Å². The maximum Gasteiger partial charge on any atom is 0.241 e. The monoisotopic (exact) mass is 308 g/mol. The van der Waals surface area contributed by atoms with Gasteiger partial charge in [0.1, 0.15) is 5.82 Å². The number of nitrogens with one attached hydrogen (secondary N) is 1. The first kappa shape index (κ1) is 15.5. The third kappa shape index (κ3) is 3.40. The Morgan fingerprint density at radius 2 is 1.86 bits per heavy atom. The predicted molar refractivity (Wildman–Crippen MR) is 80.8 cm³/mol. The van der Waals surface area contributed by atoms with Crippen molar-refractivity contribution >= 4 is 15.7 Å². The highest BCUT2D eigenvalue weighted by Crippen LogP contribution is 2.21. The molecule has 0 aliphatic rings. The number of anilines is 1. The molecule has 2 aromatic rings. The molecule has 0 aromatic heterocycles. The highest BCUT2D eigenvalue weighted by Gasteiger charge is 2.17. The number of nitrogens with two attached hydrogens (primary N) is 1. The molecular formula is C15H17FN2O2S. The van der Waals surface area contributed by atoms with Gasteiger partial charge in [0.25, 0.3) is 0 Å². The van der Waals surface area contributed by atoms with Crippen LogP contribution in [0.5, 0.6) is 0 Å². The Labute approximate surface area is 123 Å². The Balaban J connectivity index is 2.25. The fraction of sp³-hybridized carbons (Fsp3) is 0.200. The molecule has 0 aliphatic carbocycles. The maximum absolute atomic E-state index is 13.6. The molecule has 2 aromatic carbocycles. The Morgan fingerprint density at radius 1 is 1.19 bits per heavy atom. The minimum Gasteiger partial charge on any atom is -0.398 e. The molecule has 0 aliphatic heterocycles. The van der Waals surface area contributed by atoms with Crippen LogP contribution >= 0.6 is 0 Å². The van der Waals surface area contributed by atoms with E-state index in [0.29, 0.717) is 0 Å². The number of hydrogen-bond acceptors (Lipinski definition) is 3. The SMILES string of the molecule is Cc1ccccc1CNS(=O)(=O)c1cc(N)c(C)c(F)c1. The molecule has 21 heavy (non-hydrogen) atoms. The molecule has 2 rings (SSSR count). The minimum absolute atomic E-state index is 0.117. The molecular weight excluding hydrogens is 291 g/mol. The number of halogens is 1. The van der Waals surface area contributed by atoms with Crippen LogP contribution in [-0.4, -0.2) is 8.42 Å². The highest BCUT2D eigenvalue weighted by atomic mass is 32.2. The van der Waals surface area contributed by atoms with E-state index in [9.17, 15) is 12.8 Å². The van der Waals surface area contributed by atoms with E-state index in [2.05, 4.69) is 4.72 Å². The van der Waals surface area contributed by atoms with Crippen LogP contribution in [0.3, 0.4) is 0 Å². The molecule has 0 saturated heterocycles. The standard InChI is InChI=1S/C15H17FN2O2S/c1-10-5-3-4-6-12(10)9-18-21(19,20)13-7-14(16)11(2)15(17)8-13/h3-8,18H,9,17H2,1-2H3. The first-order chi connectivity index (χ1) is 9.81. The second-order valence-electron chi connectivity index (χ2n) is 4.87. The van der Waals surface area contributed by atoms with Gasteiger partial charge in [0.05, 0.1) is 4.90 Å². The highest BCUT2D eigenvalue weighted by molar-refractivity contribution is 7.89. The number of sulfonamides is 1. The van der Waals surface area contributed by atoms with Crippen molar-refractivity contribution in [2.24, 2.45) is 0 Å². The van der Waals surface area contributed by atoms with Gasteiger partial charge in [0.2, 0.25) is 10.0 Å². The van der Waals surface area contributed by atoms with Crippen molar-refractivity contribution in [1.29, 1.82) is 0 Å². The van der Waals surface area contributed by atoms with Crippen molar-refractivity contribution in [3.8, 4) is 0 Å². The molecule has 112 valence electrons. The van der Waals surface area contributed by atoms with Crippen LogP contribution in [0, 0.1) is 19.7 Å². The Morgan fingerprint density at radius 3 is 2.48 bits per heavy atom. The number of hydrogen-bond donors (Lipinski definition) is 2. The molecule has 0 saturated carbocycles. The molecule has 0 heterocycles. The summed E-state index contributed by atoms with van der Waals surface area (Å²) in [4.78, 5) is -0.170. The number of benzene rings is 2. The van der Waals surface area contributed by atoms with Gasteiger partial charge in [-0.05, 0) is 37.1 Å². The normalized spacial score (nSPS) is 11.6. The van der Waals surface area contributed by atoms with E-state index in [-0.39, 0.29) is 22.7 Å². The van der Waals surface area contributed by atoms with Crippen LogP contribution in [0.15, 0.2) is 41.3 Å². The van der Waals surface area contributed by atoms with Gasteiger partial charge in [-0.3, -0.25) is 0 Å². The van der Waals surface area contributed by atoms with Gasteiger partial charge in [-0.25, -0.2) is 17.5 Å². The summed E-state index contributed by atoms with van der Waals surface area (Å²) in [6, 6.07) is 9.68. The number of nitrogen functional groups attached to an aromatic ring is 1. The van der Waals surface area contributed by atoms with Gasteiger partial charge in [0.15, 0.2) is 0 Å². The lowest BCUT2D eigenvalue weighted by molar-refractivity contribution is 0.576. The number of rotatable bonds is 4. The van der Waals surface area contributed by atoms with Gasteiger partial charge >= 0.3 is 0 Å². The van der Waals surface area contributed by atoms with E-state index in [1.807, 2.05) is 31.2 Å². The lowest BCUT2D eigenvalue weighted by Crippen LogP contribution is -2.24. The van der Waals surface area contributed by atoms with Gasteiger partial charge < -0.3 is 5.73 Å². The quantitative estimate of drug-likeness (QED) is 0.852. The minimum atomic E-state index is -3.81. The van der Waals surface area contributed by atoms with Gasteiger partial charge in [-0.15, -0.1) is 0 Å². The van der Waals surface area contributed by atoms with E-state index < -0.39 is 15.8 Å². The van der Waals surface area contributed by atoms with Crippen LogP contribution < -0.4 is 10.5 Å². The average molecular weight is 308 g/mol. The first-order valence-corrected chi connectivity index (χ1v) is 7.89.